The van der Waals surface area contributed by atoms with Gasteiger partial charge in [-0.15, -0.1) is 11.3 Å². The first kappa shape index (κ1) is 14.3. The van der Waals surface area contributed by atoms with Gasteiger partial charge in [0.15, 0.2) is 0 Å². The smallest absolute Gasteiger partial charge is 0.0687 e. The summed E-state index contributed by atoms with van der Waals surface area (Å²) in [7, 11) is 0. The van der Waals surface area contributed by atoms with E-state index in [-0.39, 0.29) is 6.10 Å². The molecule has 0 fully saturated rings. The van der Waals surface area contributed by atoms with Gasteiger partial charge in [-0.1, -0.05) is 44.2 Å². The van der Waals surface area contributed by atoms with Crippen molar-refractivity contribution in [1.82, 2.24) is 5.32 Å². The molecule has 1 unspecified atom stereocenters. The average molecular weight is 275 g/mol. The van der Waals surface area contributed by atoms with Gasteiger partial charge in [0.1, 0.15) is 0 Å². The van der Waals surface area contributed by atoms with E-state index < -0.39 is 0 Å². The van der Waals surface area contributed by atoms with E-state index in [1.807, 2.05) is 19.9 Å². The van der Waals surface area contributed by atoms with Crippen LogP contribution < -0.4 is 5.32 Å². The van der Waals surface area contributed by atoms with Gasteiger partial charge in [0, 0.05) is 18.0 Å². The number of aliphatic hydroxyl groups is 1. The van der Waals surface area contributed by atoms with Gasteiger partial charge in [-0.2, -0.15) is 0 Å². The molecule has 0 bridgehead atoms. The third kappa shape index (κ3) is 4.16. The summed E-state index contributed by atoms with van der Waals surface area (Å²) in [5, 5.41) is 15.2. The molecule has 2 rings (SSSR count). The Hall–Kier alpha value is -1.16. The Labute approximate surface area is 119 Å². The molecule has 0 saturated heterocycles. The minimum absolute atomic E-state index is 0.270. The highest BCUT2D eigenvalue weighted by molar-refractivity contribution is 7.10. The zero-order chi connectivity index (χ0) is 13.7. The zero-order valence-electron chi connectivity index (χ0n) is 11.5. The first-order valence-electron chi connectivity index (χ1n) is 6.68. The fourth-order valence-corrected chi connectivity index (χ4v) is 2.70. The highest BCUT2D eigenvalue weighted by Crippen LogP contribution is 2.25. The summed E-state index contributed by atoms with van der Waals surface area (Å²) in [4.78, 5) is 1.30. The van der Waals surface area contributed by atoms with Crippen molar-refractivity contribution in [2.45, 2.75) is 26.5 Å². The summed E-state index contributed by atoms with van der Waals surface area (Å²) in [6, 6.07) is 12.6. The maximum absolute atomic E-state index is 9.73. The quantitative estimate of drug-likeness (QED) is 0.845. The molecule has 0 aliphatic heterocycles. The average Bonchev–Trinajstić information content (AvgIpc) is 2.88. The lowest BCUT2D eigenvalue weighted by Crippen LogP contribution is -2.29. The van der Waals surface area contributed by atoms with E-state index >= 15 is 0 Å². The maximum Gasteiger partial charge on any atom is 0.0687 e. The van der Waals surface area contributed by atoms with E-state index in [2.05, 4.69) is 41.0 Å². The molecule has 2 aromatic rings. The molecule has 0 aliphatic rings. The van der Waals surface area contributed by atoms with Crippen molar-refractivity contribution in [3.8, 4) is 11.1 Å². The molecule has 3 heteroatoms. The molecule has 2 N–H and O–H groups in total. The summed E-state index contributed by atoms with van der Waals surface area (Å²) in [5.74, 6) is 0.302. The van der Waals surface area contributed by atoms with E-state index in [1.54, 1.807) is 11.3 Å². The summed E-state index contributed by atoms with van der Waals surface area (Å²) >= 11 is 1.76. The number of hydrogen-bond donors (Lipinski definition) is 2. The Bertz CT molecular complexity index is 492. The van der Waals surface area contributed by atoms with Crippen LogP contribution in [0, 0.1) is 5.92 Å². The molecule has 0 amide bonds. The van der Waals surface area contributed by atoms with E-state index in [0.29, 0.717) is 12.5 Å². The fraction of sp³-hybridized carbons (Fsp3) is 0.375. The van der Waals surface area contributed by atoms with Crippen molar-refractivity contribution in [3.05, 3.63) is 46.7 Å². The minimum atomic E-state index is -0.270. The number of hydrogen-bond acceptors (Lipinski definition) is 3. The van der Waals surface area contributed by atoms with Crippen LogP contribution >= 0.6 is 11.3 Å². The Morgan fingerprint density at radius 2 is 1.89 bits per heavy atom. The highest BCUT2D eigenvalue weighted by Gasteiger charge is 2.08. The first-order chi connectivity index (χ1) is 9.16. The molecule has 0 aliphatic carbocycles. The highest BCUT2D eigenvalue weighted by atomic mass is 32.1. The van der Waals surface area contributed by atoms with Crippen molar-refractivity contribution in [2.24, 2.45) is 5.92 Å². The number of benzene rings is 1. The van der Waals surface area contributed by atoms with Crippen LogP contribution in [-0.4, -0.2) is 17.8 Å². The van der Waals surface area contributed by atoms with Crippen molar-refractivity contribution in [3.63, 3.8) is 0 Å². The van der Waals surface area contributed by atoms with Gasteiger partial charge in [0.25, 0.3) is 0 Å². The molecule has 0 radical (unpaired) electrons. The molecule has 0 saturated carbocycles. The summed E-state index contributed by atoms with van der Waals surface area (Å²) < 4.78 is 0. The van der Waals surface area contributed by atoms with Crippen LogP contribution in [0.4, 0.5) is 0 Å². The van der Waals surface area contributed by atoms with Crippen molar-refractivity contribution in [2.75, 3.05) is 6.54 Å². The lowest BCUT2D eigenvalue weighted by atomic mass is 10.1. The SMILES string of the molecule is CC(C)C(O)CNCc1cc(-c2ccccc2)cs1. The second-order valence-corrected chi connectivity index (χ2v) is 6.11. The Morgan fingerprint density at radius 1 is 1.16 bits per heavy atom. The molecule has 1 aromatic carbocycles. The van der Waals surface area contributed by atoms with E-state index in [9.17, 15) is 5.11 Å². The largest absolute Gasteiger partial charge is 0.392 e. The summed E-state index contributed by atoms with van der Waals surface area (Å²) in [5.41, 5.74) is 2.53. The normalized spacial score (nSPS) is 12.8. The van der Waals surface area contributed by atoms with E-state index in [1.165, 1.54) is 16.0 Å². The molecule has 1 aromatic heterocycles. The van der Waals surface area contributed by atoms with Crippen molar-refractivity contribution in [1.29, 1.82) is 0 Å². The summed E-state index contributed by atoms with van der Waals surface area (Å²) in [6.45, 7) is 5.54. The van der Waals surface area contributed by atoms with Crippen LogP contribution in [0.25, 0.3) is 11.1 Å². The maximum atomic E-state index is 9.73. The van der Waals surface area contributed by atoms with Gasteiger partial charge >= 0.3 is 0 Å². The Kier molecular flexibility index (Phi) is 5.14. The minimum Gasteiger partial charge on any atom is -0.392 e. The second kappa shape index (κ2) is 6.85. The number of thiophene rings is 1. The van der Waals surface area contributed by atoms with Crippen LogP contribution in [0.15, 0.2) is 41.8 Å². The lowest BCUT2D eigenvalue weighted by Gasteiger charge is -2.14. The molecule has 1 heterocycles. The van der Waals surface area contributed by atoms with E-state index in [0.717, 1.165) is 6.54 Å². The van der Waals surface area contributed by atoms with Crippen LogP contribution in [0.5, 0.6) is 0 Å². The molecule has 102 valence electrons. The second-order valence-electron chi connectivity index (χ2n) is 5.11. The van der Waals surface area contributed by atoms with Gasteiger partial charge in [-0.3, -0.25) is 0 Å². The molecular formula is C16H21NOS. The Morgan fingerprint density at radius 3 is 2.58 bits per heavy atom. The third-order valence-electron chi connectivity index (χ3n) is 3.18. The van der Waals surface area contributed by atoms with Crippen LogP contribution in [0.2, 0.25) is 0 Å². The topological polar surface area (TPSA) is 32.3 Å². The Balaban J connectivity index is 1.88. The monoisotopic (exact) mass is 275 g/mol. The molecule has 0 spiro atoms. The lowest BCUT2D eigenvalue weighted by molar-refractivity contribution is 0.123. The first-order valence-corrected chi connectivity index (χ1v) is 7.56. The standard InChI is InChI=1S/C16H21NOS/c1-12(2)16(18)10-17-9-15-8-14(11-19-15)13-6-4-3-5-7-13/h3-8,11-12,16-18H,9-10H2,1-2H3. The van der Waals surface area contributed by atoms with Crippen molar-refractivity contribution >= 4 is 11.3 Å². The van der Waals surface area contributed by atoms with Crippen LogP contribution in [0.1, 0.15) is 18.7 Å². The molecule has 1 atom stereocenters. The number of rotatable bonds is 6. The molecule has 2 nitrogen and oxygen atoms in total. The predicted octanol–water partition coefficient (Wildman–Crippen LogP) is 3.52. The van der Waals surface area contributed by atoms with E-state index in [4.69, 9.17) is 0 Å². The zero-order valence-corrected chi connectivity index (χ0v) is 12.3. The number of nitrogens with one attached hydrogen (secondary N) is 1. The van der Waals surface area contributed by atoms with Gasteiger partial charge in [-0.25, -0.2) is 0 Å². The van der Waals surface area contributed by atoms with Crippen molar-refractivity contribution < 1.29 is 5.11 Å². The number of aliphatic hydroxyl groups excluding tert-OH is 1. The van der Waals surface area contributed by atoms with Gasteiger partial charge in [0.2, 0.25) is 0 Å². The third-order valence-corrected chi connectivity index (χ3v) is 4.12. The van der Waals surface area contributed by atoms with Crippen LogP contribution in [0.3, 0.4) is 0 Å². The van der Waals surface area contributed by atoms with Crippen LogP contribution in [-0.2, 0) is 6.54 Å². The fourth-order valence-electron chi connectivity index (χ4n) is 1.83. The van der Waals surface area contributed by atoms with Gasteiger partial charge in [0.05, 0.1) is 6.10 Å². The summed E-state index contributed by atoms with van der Waals surface area (Å²) in [6.07, 6.45) is -0.270. The predicted molar refractivity (Wildman–Crippen MR) is 82.3 cm³/mol. The molecular weight excluding hydrogens is 254 g/mol. The molecule has 19 heavy (non-hydrogen) atoms. The van der Waals surface area contributed by atoms with Gasteiger partial charge < -0.3 is 10.4 Å². The van der Waals surface area contributed by atoms with Gasteiger partial charge in [-0.05, 0) is 28.5 Å².